The molecule has 2 heterocycles. The van der Waals surface area contributed by atoms with Crippen LogP contribution in [0.2, 0.25) is 0 Å². The van der Waals surface area contributed by atoms with E-state index in [1.807, 2.05) is 26.8 Å². The second-order valence-corrected chi connectivity index (χ2v) is 6.56. The number of nitrogens with one attached hydrogen (secondary N) is 2. The van der Waals surface area contributed by atoms with Crippen molar-refractivity contribution in [3.63, 3.8) is 0 Å². The lowest BCUT2D eigenvalue weighted by molar-refractivity contribution is 0.0927. The van der Waals surface area contributed by atoms with Crippen LogP contribution >= 0.6 is 0 Å². The summed E-state index contributed by atoms with van der Waals surface area (Å²) in [6.45, 7) is 8.62. The Morgan fingerprint density at radius 1 is 1.24 bits per heavy atom. The van der Waals surface area contributed by atoms with E-state index < -0.39 is 0 Å². The summed E-state index contributed by atoms with van der Waals surface area (Å²) in [7, 11) is 0. The molecule has 5 heteroatoms. The van der Waals surface area contributed by atoms with Crippen LogP contribution in [-0.2, 0) is 12.8 Å². The number of H-pyrrole nitrogens is 1. The molecule has 2 N–H and O–H groups in total. The van der Waals surface area contributed by atoms with Crippen molar-refractivity contribution in [2.75, 3.05) is 6.54 Å². The van der Waals surface area contributed by atoms with Gasteiger partial charge in [0.05, 0.1) is 5.69 Å². The van der Waals surface area contributed by atoms with Crippen molar-refractivity contribution in [3.8, 4) is 0 Å². The fourth-order valence-electron chi connectivity index (χ4n) is 3.25. The predicted molar refractivity (Wildman–Crippen MR) is 99.0 cm³/mol. The van der Waals surface area contributed by atoms with Gasteiger partial charge in [0.25, 0.3) is 5.91 Å². The number of hydrogen-bond acceptors (Lipinski definition) is 3. The zero-order valence-corrected chi connectivity index (χ0v) is 15.3. The Labute approximate surface area is 147 Å². The van der Waals surface area contributed by atoms with Gasteiger partial charge in [0.1, 0.15) is 5.58 Å². The normalized spacial score (nSPS) is 11.2. The molecular formula is C20H25N3O2. The maximum Gasteiger partial charge on any atom is 0.287 e. The maximum absolute atomic E-state index is 12.5. The molecule has 0 bridgehead atoms. The fraction of sp³-hybridized carbons (Fsp3) is 0.400. The van der Waals surface area contributed by atoms with E-state index in [1.165, 1.54) is 5.56 Å². The molecule has 5 nitrogen and oxygen atoms in total. The number of aryl methyl sites for hydroxylation is 4. The van der Waals surface area contributed by atoms with Gasteiger partial charge in [-0.1, -0.05) is 19.4 Å². The molecule has 2 aromatic heterocycles. The Hall–Kier alpha value is -2.56. The lowest BCUT2D eigenvalue weighted by atomic mass is 10.1. The van der Waals surface area contributed by atoms with Crippen molar-refractivity contribution in [2.24, 2.45) is 0 Å². The van der Waals surface area contributed by atoms with Crippen molar-refractivity contribution >= 4 is 16.9 Å². The largest absolute Gasteiger partial charge is 0.451 e. The molecule has 0 aliphatic heterocycles. The van der Waals surface area contributed by atoms with Crippen molar-refractivity contribution in [1.82, 2.24) is 15.5 Å². The summed E-state index contributed by atoms with van der Waals surface area (Å²) < 4.78 is 5.80. The number of aromatic amines is 1. The van der Waals surface area contributed by atoms with Crippen LogP contribution in [0.5, 0.6) is 0 Å². The Morgan fingerprint density at radius 3 is 2.72 bits per heavy atom. The van der Waals surface area contributed by atoms with Crippen molar-refractivity contribution in [2.45, 2.75) is 47.0 Å². The third-order valence-electron chi connectivity index (χ3n) is 4.69. The average Bonchev–Trinajstić information content (AvgIpc) is 3.09. The number of fused-ring (bicyclic) bond motifs is 1. The fourth-order valence-corrected chi connectivity index (χ4v) is 3.25. The Kier molecular flexibility index (Phi) is 4.93. The van der Waals surface area contributed by atoms with Gasteiger partial charge < -0.3 is 9.73 Å². The van der Waals surface area contributed by atoms with Gasteiger partial charge >= 0.3 is 0 Å². The zero-order chi connectivity index (χ0) is 18.0. The summed E-state index contributed by atoms with van der Waals surface area (Å²) in [6.07, 6.45) is 2.88. The molecule has 0 aliphatic rings. The topological polar surface area (TPSA) is 70.9 Å². The van der Waals surface area contributed by atoms with Gasteiger partial charge in [-0.15, -0.1) is 0 Å². The van der Waals surface area contributed by atoms with Crippen molar-refractivity contribution in [1.29, 1.82) is 0 Å². The van der Waals surface area contributed by atoms with E-state index in [1.54, 1.807) is 0 Å². The molecule has 0 spiro atoms. The van der Waals surface area contributed by atoms with Gasteiger partial charge in [0.2, 0.25) is 0 Å². The molecule has 132 valence electrons. The van der Waals surface area contributed by atoms with Crippen LogP contribution in [0.25, 0.3) is 11.0 Å². The number of aromatic nitrogens is 2. The highest BCUT2D eigenvalue weighted by molar-refractivity contribution is 5.99. The van der Waals surface area contributed by atoms with Gasteiger partial charge in [-0.3, -0.25) is 9.89 Å². The predicted octanol–water partition coefficient (Wildman–Crippen LogP) is 4.01. The molecule has 25 heavy (non-hydrogen) atoms. The number of amides is 1. The van der Waals surface area contributed by atoms with Crippen molar-refractivity contribution < 1.29 is 9.21 Å². The molecule has 1 aromatic carbocycles. The van der Waals surface area contributed by atoms with Gasteiger partial charge in [0, 0.05) is 23.2 Å². The molecule has 3 aromatic rings. The van der Waals surface area contributed by atoms with Crippen LogP contribution < -0.4 is 5.32 Å². The SMILES string of the molecule is CCCc1ccc2oc(C(=O)NCCc3c(C)n[nH]c3C)c(C)c2c1. The minimum absolute atomic E-state index is 0.162. The average molecular weight is 339 g/mol. The Balaban J connectivity index is 1.72. The highest BCUT2D eigenvalue weighted by atomic mass is 16.3. The lowest BCUT2D eigenvalue weighted by Gasteiger charge is -2.04. The van der Waals surface area contributed by atoms with Gasteiger partial charge in [-0.2, -0.15) is 5.10 Å². The van der Waals surface area contributed by atoms with E-state index in [4.69, 9.17) is 4.42 Å². The van der Waals surface area contributed by atoms with E-state index >= 15 is 0 Å². The molecule has 0 atom stereocenters. The van der Waals surface area contributed by atoms with E-state index in [2.05, 4.69) is 34.6 Å². The smallest absolute Gasteiger partial charge is 0.287 e. The highest BCUT2D eigenvalue weighted by Gasteiger charge is 2.18. The number of nitrogens with zero attached hydrogens (tertiary/aromatic N) is 1. The quantitative estimate of drug-likeness (QED) is 0.713. The molecular weight excluding hydrogens is 314 g/mol. The number of rotatable bonds is 6. The van der Waals surface area contributed by atoms with Crippen LogP contribution in [0.3, 0.4) is 0 Å². The molecule has 1 amide bonds. The molecule has 0 aliphatic carbocycles. The van der Waals surface area contributed by atoms with E-state index in [0.29, 0.717) is 12.3 Å². The second kappa shape index (κ2) is 7.13. The number of benzene rings is 1. The third-order valence-corrected chi connectivity index (χ3v) is 4.69. The minimum Gasteiger partial charge on any atom is -0.451 e. The summed E-state index contributed by atoms with van der Waals surface area (Å²) in [6, 6.07) is 6.16. The highest BCUT2D eigenvalue weighted by Crippen LogP contribution is 2.26. The first-order valence-electron chi connectivity index (χ1n) is 8.82. The lowest BCUT2D eigenvalue weighted by Crippen LogP contribution is -2.26. The van der Waals surface area contributed by atoms with Crippen molar-refractivity contribution in [3.05, 3.63) is 52.0 Å². The van der Waals surface area contributed by atoms with E-state index in [-0.39, 0.29) is 5.91 Å². The number of carbonyl (C=O) groups is 1. The standard InChI is InChI=1S/C20H25N3O2/c1-5-6-15-7-8-18-17(11-15)12(2)19(25-18)20(24)21-10-9-16-13(3)22-23-14(16)4/h7-8,11H,5-6,9-10H2,1-4H3,(H,21,24)(H,22,23). The third kappa shape index (κ3) is 3.45. The zero-order valence-electron chi connectivity index (χ0n) is 15.3. The number of carbonyl (C=O) groups excluding carboxylic acids is 1. The monoisotopic (exact) mass is 339 g/mol. The first kappa shape index (κ1) is 17.3. The number of furan rings is 1. The molecule has 0 fully saturated rings. The van der Waals surface area contributed by atoms with Gasteiger partial charge in [-0.25, -0.2) is 0 Å². The maximum atomic E-state index is 12.5. The first-order chi connectivity index (χ1) is 12.0. The van der Waals surface area contributed by atoms with E-state index in [0.717, 1.165) is 52.7 Å². The molecule has 0 radical (unpaired) electrons. The summed E-state index contributed by atoms with van der Waals surface area (Å²) in [5.41, 5.74) is 6.14. The van der Waals surface area contributed by atoms with Crippen LogP contribution in [0.15, 0.2) is 22.6 Å². The molecule has 0 unspecified atom stereocenters. The summed E-state index contributed by atoms with van der Waals surface area (Å²) in [5, 5.41) is 11.1. The molecule has 3 rings (SSSR count). The van der Waals surface area contributed by atoms with E-state index in [9.17, 15) is 4.79 Å². The van der Waals surface area contributed by atoms with Gasteiger partial charge in [0.15, 0.2) is 5.76 Å². The summed E-state index contributed by atoms with van der Waals surface area (Å²) in [5.74, 6) is 0.244. The Bertz CT molecular complexity index is 886. The van der Waals surface area contributed by atoms with Crippen LogP contribution in [0.4, 0.5) is 0 Å². The van der Waals surface area contributed by atoms with Crippen LogP contribution in [0.1, 0.15) is 52.0 Å². The minimum atomic E-state index is -0.162. The Morgan fingerprint density at radius 2 is 2.04 bits per heavy atom. The number of hydrogen-bond donors (Lipinski definition) is 2. The van der Waals surface area contributed by atoms with Gasteiger partial charge in [-0.05, 0) is 56.9 Å². The first-order valence-corrected chi connectivity index (χ1v) is 8.82. The second-order valence-electron chi connectivity index (χ2n) is 6.56. The van der Waals surface area contributed by atoms with Crippen LogP contribution in [0, 0.1) is 20.8 Å². The summed E-state index contributed by atoms with van der Waals surface area (Å²) in [4.78, 5) is 12.5. The van der Waals surface area contributed by atoms with Crippen LogP contribution in [-0.4, -0.2) is 22.6 Å². The molecule has 0 saturated heterocycles. The molecule has 0 saturated carbocycles. The summed E-state index contributed by atoms with van der Waals surface area (Å²) >= 11 is 0.